The number of nitrogens with zero attached hydrogens (tertiary/aromatic N) is 1. The van der Waals surface area contributed by atoms with Gasteiger partial charge in [0, 0.05) is 23.7 Å². The predicted octanol–water partition coefficient (Wildman–Crippen LogP) is 3.05. The average molecular weight is 403 g/mol. The lowest BCUT2D eigenvalue weighted by molar-refractivity contribution is -0.127. The average Bonchev–Trinajstić information content (AvgIpc) is 2.55. The van der Waals surface area contributed by atoms with E-state index in [2.05, 4.69) is 5.32 Å². The Labute approximate surface area is 160 Å². The fourth-order valence-electron chi connectivity index (χ4n) is 2.94. The van der Waals surface area contributed by atoms with Crippen molar-refractivity contribution in [3.8, 4) is 5.75 Å². The van der Waals surface area contributed by atoms with E-state index in [0.717, 1.165) is 0 Å². The molecule has 146 valence electrons. The first-order valence-electron chi connectivity index (χ1n) is 8.79. The predicted molar refractivity (Wildman–Crippen MR) is 102 cm³/mol. The molecule has 2 rings (SSSR count). The molecule has 1 atom stereocenters. The number of hydrogen-bond acceptors (Lipinski definition) is 4. The van der Waals surface area contributed by atoms with Gasteiger partial charge in [-0.25, -0.2) is 8.42 Å². The van der Waals surface area contributed by atoms with Crippen molar-refractivity contribution >= 4 is 27.5 Å². The number of amides is 1. The molecule has 8 heteroatoms. The molecule has 0 saturated carbocycles. The van der Waals surface area contributed by atoms with Crippen LogP contribution in [0.3, 0.4) is 0 Å². The summed E-state index contributed by atoms with van der Waals surface area (Å²) in [6.07, 6.45) is 1.30. The Bertz CT molecular complexity index is 759. The number of hydrogen-bond donors (Lipinski definition) is 1. The maximum Gasteiger partial charge on any atom is 0.246 e. The summed E-state index contributed by atoms with van der Waals surface area (Å²) in [4.78, 5) is 12.5. The molecule has 0 aromatic heterocycles. The molecule has 26 heavy (non-hydrogen) atoms. The lowest BCUT2D eigenvalue weighted by Crippen LogP contribution is -2.49. The maximum absolute atomic E-state index is 13.1. The van der Waals surface area contributed by atoms with Gasteiger partial charge in [-0.15, -0.1) is 0 Å². The van der Waals surface area contributed by atoms with Crippen LogP contribution in [0.15, 0.2) is 23.1 Å². The van der Waals surface area contributed by atoms with E-state index in [1.54, 1.807) is 19.1 Å². The third-order valence-electron chi connectivity index (χ3n) is 4.08. The normalized spacial score (nSPS) is 19.2. The third-order valence-corrected chi connectivity index (χ3v) is 6.20. The minimum absolute atomic E-state index is 0.0451. The van der Waals surface area contributed by atoms with Crippen LogP contribution in [0, 0.1) is 5.92 Å². The molecule has 0 unspecified atom stereocenters. The highest BCUT2D eigenvalue weighted by Gasteiger charge is 2.35. The SMILES string of the molecule is CCOc1ccc(Cl)cc1S(=O)(=O)N1CCC[C@@H](C(=O)NC(C)(C)C)C1. The van der Waals surface area contributed by atoms with Gasteiger partial charge in [-0.1, -0.05) is 11.6 Å². The van der Waals surface area contributed by atoms with Gasteiger partial charge in [0.25, 0.3) is 0 Å². The number of benzene rings is 1. The largest absolute Gasteiger partial charge is 0.492 e. The zero-order valence-electron chi connectivity index (χ0n) is 15.7. The summed E-state index contributed by atoms with van der Waals surface area (Å²) in [7, 11) is -3.80. The number of rotatable bonds is 5. The van der Waals surface area contributed by atoms with Gasteiger partial charge in [-0.2, -0.15) is 4.31 Å². The van der Waals surface area contributed by atoms with Gasteiger partial charge < -0.3 is 10.1 Å². The topological polar surface area (TPSA) is 75.7 Å². The van der Waals surface area contributed by atoms with Crippen molar-refractivity contribution in [2.45, 2.75) is 51.0 Å². The first kappa shape index (κ1) is 21.0. The van der Waals surface area contributed by atoms with Crippen molar-refractivity contribution in [1.82, 2.24) is 9.62 Å². The molecule has 0 spiro atoms. The van der Waals surface area contributed by atoms with Crippen molar-refractivity contribution in [3.05, 3.63) is 23.2 Å². The van der Waals surface area contributed by atoms with E-state index in [1.165, 1.54) is 10.4 Å². The summed E-state index contributed by atoms with van der Waals surface area (Å²) in [5.41, 5.74) is -0.354. The number of nitrogens with one attached hydrogen (secondary N) is 1. The Morgan fingerprint density at radius 2 is 2.08 bits per heavy atom. The van der Waals surface area contributed by atoms with Crippen LogP contribution in [0.25, 0.3) is 0 Å². The van der Waals surface area contributed by atoms with E-state index in [9.17, 15) is 13.2 Å². The Morgan fingerprint density at radius 1 is 1.38 bits per heavy atom. The van der Waals surface area contributed by atoms with Crippen LogP contribution in [0.2, 0.25) is 5.02 Å². The van der Waals surface area contributed by atoms with E-state index in [4.69, 9.17) is 16.3 Å². The minimum Gasteiger partial charge on any atom is -0.492 e. The molecule has 1 aromatic carbocycles. The molecule has 1 aromatic rings. The van der Waals surface area contributed by atoms with Crippen LogP contribution in [0.5, 0.6) is 5.75 Å². The lowest BCUT2D eigenvalue weighted by atomic mass is 9.97. The molecule has 0 aliphatic carbocycles. The Hall–Kier alpha value is -1.31. The number of sulfonamides is 1. The molecule has 1 aliphatic heterocycles. The molecular weight excluding hydrogens is 376 g/mol. The smallest absolute Gasteiger partial charge is 0.246 e. The van der Waals surface area contributed by atoms with Gasteiger partial charge in [0.15, 0.2) is 0 Å². The van der Waals surface area contributed by atoms with Crippen LogP contribution >= 0.6 is 11.6 Å². The molecule has 1 aliphatic rings. The second-order valence-electron chi connectivity index (χ2n) is 7.47. The Morgan fingerprint density at radius 3 is 2.69 bits per heavy atom. The Balaban J connectivity index is 2.26. The van der Waals surface area contributed by atoms with Crippen LogP contribution in [0.4, 0.5) is 0 Å². The van der Waals surface area contributed by atoms with E-state index in [0.29, 0.717) is 31.0 Å². The summed E-state index contributed by atoms with van der Waals surface area (Å²) >= 11 is 6.01. The number of ether oxygens (including phenoxy) is 1. The summed E-state index contributed by atoms with van der Waals surface area (Å²) in [5.74, 6) is -0.209. The van der Waals surface area contributed by atoms with E-state index < -0.39 is 10.0 Å². The highest BCUT2D eigenvalue weighted by molar-refractivity contribution is 7.89. The lowest BCUT2D eigenvalue weighted by Gasteiger charge is -2.33. The number of carbonyl (C=O) groups excluding carboxylic acids is 1. The standard InChI is InChI=1S/C18H27ClN2O4S/c1-5-25-15-9-8-14(19)11-16(15)26(23,24)21-10-6-7-13(12-21)17(22)20-18(2,3)4/h8-9,11,13H,5-7,10,12H2,1-4H3,(H,20,22)/t13-/m1/s1. The molecule has 1 heterocycles. The van der Waals surface area contributed by atoms with Crippen LogP contribution in [0.1, 0.15) is 40.5 Å². The monoisotopic (exact) mass is 402 g/mol. The summed E-state index contributed by atoms with van der Waals surface area (Å²) in [6, 6.07) is 4.56. The van der Waals surface area contributed by atoms with Crippen molar-refractivity contribution < 1.29 is 17.9 Å². The quantitative estimate of drug-likeness (QED) is 0.821. The van der Waals surface area contributed by atoms with E-state index in [-0.39, 0.29) is 34.6 Å². The second-order valence-corrected chi connectivity index (χ2v) is 9.81. The van der Waals surface area contributed by atoms with Crippen molar-refractivity contribution in [1.29, 1.82) is 0 Å². The van der Waals surface area contributed by atoms with Crippen molar-refractivity contribution in [3.63, 3.8) is 0 Å². The third kappa shape index (κ3) is 5.11. The molecule has 1 fully saturated rings. The van der Waals surface area contributed by atoms with E-state index in [1.807, 2.05) is 20.8 Å². The number of piperidine rings is 1. The van der Waals surface area contributed by atoms with Gasteiger partial charge in [-0.05, 0) is 58.7 Å². The zero-order valence-corrected chi connectivity index (χ0v) is 17.3. The molecule has 1 N–H and O–H groups in total. The van der Waals surface area contributed by atoms with Crippen molar-refractivity contribution in [2.24, 2.45) is 5.92 Å². The maximum atomic E-state index is 13.1. The highest BCUT2D eigenvalue weighted by Crippen LogP contribution is 2.32. The van der Waals surface area contributed by atoms with Gasteiger partial charge >= 0.3 is 0 Å². The molecule has 0 radical (unpaired) electrons. The van der Waals surface area contributed by atoms with Crippen LogP contribution in [-0.4, -0.2) is 43.9 Å². The number of halogens is 1. The second kappa shape index (κ2) is 8.15. The molecule has 1 saturated heterocycles. The molecular formula is C18H27ClN2O4S. The molecule has 6 nitrogen and oxygen atoms in total. The summed E-state index contributed by atoms with van der Waals surface area (Å²) in [6.45, 7) is 8.38. The first-order chi connectivity index (χ1) is 12.0. The van der Waals surface area contributed by atoms with Gasteiger partial charge in [-0.3, -0.25) is 4.79 Å². The van der Waals surface area contributed by atoms with Gasteiger partial charge in [0.1, 0.15) is 10.6 Å². The van der Waals surface area contributed by atoms with Gasteiger partial charge in [0.05, 0.1) is 12.5 Å². The summed E-state index contributed by atoms with van der Waals surface area (Å²) < 4.78 is 33.1. The highest BCUT2D eigenvalue weighted by atomic mass is 35.5. The number of carbonyl (C=O) groups is 1. The van der Waals surface area contributed by atoms with Gasteiger partial charge in [0.2, 0.25) is 15.9 Å². The van der Waals surface area contributed by atoms with Crippen LogP contribution in [-0.2, 0) is 14.8 Å². The van der Waals surface area contributed by atoms with E-state index >= 15 is 0 Å². The molecule has 1 amide bonds. The van der Waals surface area contributed by atoms with Crippen LogP contribution < -0.4 is 10.1 Å². The fourth-order valence-corrected chi connectivity index (χ4v) is 4.86. The Kier molecular flexibility index (Phi) is 6.58. The zero-order chi connectivity index (χ0) is 19.5. The first-order valence-corrected chi connectivity index (χ1v) is 10.6. The summed E-state index contributed by atoms with van der Waals surface area (Å²) in [5, 5.41) is 3.26. The minimum atomic E-state index is -3.80. The molecule has 0 bridgehead atoms. The van der Waals surface area contributed by atoms with Crippen molar-refractivity contribution in [2.75, 3.05) is 19.7 Å². The fraction of sp³-hybridized carbons (Fsp3) is 0.611.